The van der Waals surface area contributed by atoms with Crippen molar-refractivity contribution in [1.82, 2.24) is 5.32 Å². The van der Waals surface area contributed by atoms with E-state index in [4.69, 9.17) is 16.3 Å². The molecule has 0 heterocycles. The molecule has 0 saturated heterocycles. The number of nitrogens with one attached hydrogen (secondary N) is 1. The summed E-state index contributed by atoms with van der Waals surface area (Å²) in [6.07, 6.45) is 0. The fourth-order valence-corrected chi connectivity index (χ4v) is 2.29. The zero-order valence-electron chi connectivity index (χ0n) is 12.2. The fourth-order valence-electron chi connectivity index (χ4n) is 2.12. The van der Waals surface area contributed by atoms with Gasteiger partial charge in [-0.25, -0.2) is 4.39 Å². The Kier molecular flexibility index (Phi) is 5.59. The summed E-state index contributed by atoms with van der Waals surface area (Å²) in [7, 11) is 1.94. The zero-order valence-corrected chi connectivity index (χ0v) is 13.0. The number of benzene rings is 2. The van der Waals surface area contributed by atoms with E-state index < -0.39 is 5.82 Å². The predicted molar refractivity (Wildman–Crippen MR) is 84.5 cm³/mol. The average molecular weight is 308 g/mol. The van der Waals surface area contributed by atoms with Gasteiger partial charge in [-0.3, -0.25) is 0 Å². The lowest BCUT2D eigenvalue weighted by Crippen LogP contribution is -2.14. The van der Waals surface area contributed by atoms with Crippen LogP contribution in [0.1, 0.15) is 24.0 Å². The molecule has 0 spiro atoms. The number of hydrogen-bond donors (Lipinski definition) is 1. The highest BCUT2D eigenvalue weighted by atomic mass is 35.5. The first-order valence-corrected chi connectivity index (χ1v) is 7.30. The van der Waals surface area contributed by atoms with Gasteiger partial charge in [-0.2, -0.15) is 0 Å². The molecule has 0 radical (unpaired) electrons. The van der Waals surface area contributed by atoms with Crippen LogP contribution in [0.5, 0.6) is 5.75 Å². The average Bonchev–Trinajstić information content (AvgIpc) is 2.49. The topological polar surface area (TPSA) is 21.3 Å². The SMILES string of the molecule is CNCC(C)c1ccc(COc2cccc(Cl)c2F)cc1. The highest BCUT2D eigenvalue weighted by Gasteiger charge is 2.08. The Morgan fingerprint density at radius 1 is 1.19 bits per heavy atom. The molecule has 0 saturated carbocycles. The highest BCUT2D eigenvalue weighted by Crippen LogP contribution is 2.25. The summed E-state index contributed by atoms with van der Waals surface area (Å²) >= 11 is 5.72. The molecule has 2 aromatic carbocycles. The van der Waals surface area contributed by atoms with Crippen molar-refractivity contribution in [2.24, 2.45) is 0 Å². The number of halogens is 2. The molecule has 0 amide bonds. The van der Waals surface area contributed by atoms with Gasteiger partial charge >= 0.3 is 0 Å². The number of ether oxygens (including phenoxy) is 1. The third-order valence-electron chi connectivity index (χ3n) is 3.37. The maximum absolute atomic E-state index is 13.7. The van der Waals surface area contributed by atoms with Crippen molar-refractivity contribution in [2.45, 2.75) is 19.4 Å². The molecule has 4 heteroatoms. The van der Waals surface area contributed by atoms with Crippen LogP contribution >= 0.6 is 11.6 Å². The van der Waals surface area contributed by atoms with Gasteiger partial charge in [-0.15, -0.1) is 0 Å². The van der Waals surface area contributed by atoms with Crippen molar-refractivity contribution < 1.29 is 9.13 Å². The van der Waals surface area contributed by atoms with E-state index in [-0.39, 0.29) is 10.8 Å². The first kappa shape index (κ1) is 15.8. The van der Waals surface area contributed by atoms with Gasteiger partial charge < -0.3 is 10.1 Å². The van der Waals surface area contributed by atoms with Crippen LogP contribution in [-0.4, -0.2) is 13.6 Å². The summed E-state index contributed by atoms with van der Waals surface area (Å²) in [5.74, 6) is 0.115. The molecule has 1 unspecified atom stereocenters. The largest absolute Gasteiger partial charge is 0.486 e. The van der Waals surface area contributed by atoms with E-state index in [1.165, 1.54) is 11.6 Å². The third kappa shape index (κ3) is 4.19. The normalized spacial score (nSPS) is 12.2. The summed E-state index contributed by atoms with van der Waals surface area (Å²) in [6, 6.07) is 12.9. The molecule has 0 aliphatic rings. The lowest BCUT2D eigenvalue weighted by Gasteiger charge is -2.12. The second-order valence-corrected chi connectivity index (χ2v) is 5.45. The Hall–Kier alpha value is -1.58. The van der Waals surface area contributed by atoms with Gasteiger partial charge in [0.1, 0.15) is 6.61 Å². The Morgan fingerprint density at radius 2 is 1.90 bits per heavy atom. The molecule has 0 fully saturated rings. The van der Waals surface area contributed by atoms with E-state index in [0.29, 0.717) is 12.5 Å². The summed E-state index contributed by atoms with van der Waals surface area (Å²) in [5, 5.41) is 3.23. The first-order valence-electron chi connectivity index (χ1n) is 6.92. The van der Waals surface area contributed by atoms with Crippen LogP contribution in [-0.2, 0) is 6.61 Å². The van der Waals surface area contributed by atoms with Crippen LogP contribution in [0, 0.1) is 5.82 Å². The van der Waals surface area contributed by atoms with Gasteiger partial charge in [0.2, 0.25) is 0 Å². The lowest BCUT2D eigenvalue weighted by atomic mass is 10.00. The quantitative estimate of drug-likeness (QED) is 0.855. The number of rotatable bonds is 6. The van der Waals surface area contributed by atoms with Crippen molar-refractivity contribution in [2.75, 3.05) is 13.6 Å². The zero-order chi connectivity index (χ0) is 15.2. The standard InChI is InChI=1S/C17H19ClFNO/c1-12(10-20-2)14-8-6-13(7-9-14)11-21-16-5-3-4-15(18)17(16)19/h3-9,12,20H,10-11H2,1-2H3. The minimum Gasteiger partial charge on any atom is -0.486 e. The lowest BCUT2D eigenvalue weighted by molar-refractivity contribution is 0.290. The van der Waals surface area contributed by atoms with Crippen molar-refractivity contribution in [3.05, 3.63) is 64.4 Å². The van der Waals surface area contributed by atoms with Gasteiger partial charge in [0, 0.05) is 6.54 Å². The maximum Gasteiger partial charge on any atom is 0.183 e. The molecule has 0 bridgehead atoms. The molecule has 1 atom stereocenters. The third-order valence-corrected chi connectivity index (χ3v) is 3.66. The van der Waals surface area contributed by atoms with Crippen LogP contribution in [0.25, 0.3) is 0 Å². The van der Waals surface area contributed by atoms with Crippen molar-refractivity contribution in [1.29, 1.82) is 0 Å². The summed E-state index contributed by atoms with van der Waals surface area (Å²) in [4.78, 5) is 0. The first-order chi connectivity index (χ1) is 10.1. The van der Waals surface area contributed by atoms with E-state index in [0.717, 1.165) is 12.1 Å². The van der Waals surface area contributed by atoms with E-state index in [1.54, 1.807) is 12.1 Å². The van der Waals surface area contributed by atoms with Gasteiger partial charge in [0.15, 0.2) is 11.6 Å². The van der Waals surface area contributed by atoms with Crippen LogP contribution in [0.15, 0.2) is 42.5 Å². The second-order valence-electron chi connectivity index (χ2n) is 5.04. The molecule has 0 aliphatic heterocycles. The van der Waals surface area contributed by atoms with E-state index in [1.807, 2.05) is 19.2 Å². The van der Waals surface area contributed by atoms with E-state index >= 15 is 0 Å². The molecular formula is C17H19ClFNO. The Labute approximate surface area is 129 Å². The number of likely N-dealkylation sites (N-methyl/N-ethyl adjacent to an activating group) is 1. The Morgan fingerprint density at radius 3 is 2.57 bits per heavy atom. The molecular weight excluding hydrogens is 289 g/mol. The van der Waals surface area contributed by atoms with Crippen molar-refractivity contribution >= 4 is 11.6 Å². The minimum absolute atomic E-state index is 0.0729. The summed E-state index contributed by atoms with van der Waals surface area (Å²) in [6.45, 7) is 3.42. The molecule has 112 valence electrons. The van der Waals surface area contributed by atoms with Gasteiger partial charge in [0.25, 0.3) is 0 Å². The minimum atomic E-state index is -0.515. The molecule has 21 heavy (non-hydrogen) atoms. The number of hydrogen-bond acceptors (Lipinski definition) is 2. The monoisotopic (exact) mass is 307 g/mol. The van der Waals surface area contributed by atoms with Crippen molar-refractivity contribution in [3.63, 3.8) is 0 Å². The molecule has 0 aliphatic carbocycles. The molecule has 1 N–H and O–H groups in total. The summed E-state index contributed by atoms with van der Waals surface area (Å²) < 4.78 is 19.2. The molecule has 2 nitrogen and oxygen atoms in total. The highest BCUT2D eigenvalue weighted by molar-refractivity contribution is 6.30. The summed E-state index contributed by atoms with van der Waals surface area (Å²) in [5.41, 5.74) is 2.26. The Balaban J connectivity index is 1.99. The van der Waals surface area contributed by atoms with Crippen LogP contribution in [0.2, 0.25) is 5.02 Å². The van der Waals surface area contributed by atoms with Crippen LogP contribution in [0.4, 0.5) is 4.39 Å². The van der Waals surface area contributed by atoms with Gasteiger partial charge in [0.05, 0.1) is 5.02 Å². The van der Waals surface area contributed by atoms with Crippen molar-refractivity contribution in [3.8, 4) is 5.75 Å². The maximum atomic E-state index is 13.7. The van der Waals surface area contributed by atoms with Crippen LogP contribution in [0.3, 0.4) is 0 Å². The van der Waals surface area contributed by atoms with Gasteiger partial charge in [-0.05, 0) is 36.2 Å². The Bertz CT molecular complexity index is 586. The molecule has 0 aromatic heterocycles. The fraction of sp³-hybridized carbons (Fsp3) is 0.294. The van der Waals surface area contributed by atoms with Gasteiger partial charge in [-0.1, -0.05) is 48.9 Å². The smallest absolute Gasteiger partial charge is 0.183 e. The molecule has 2 aromatic rings. The predicted octanol–water partition coefficient (Wildman–Crippen LogP) is 4.38. The second kappa shape index (κ2) is 7.43. The van der Waals surface area contributed by atoms with Crippen LogP contribution < -0.4 is 10.1 Å². The van der Waals surface area contributed by atoms with E-state index in [2.05, 4.69) is 24.4 Å². The molecule has 2 rings (SSSR count). The van der Waals surface area contributed by atoms with E-state index in [9.17, 15) is 4.39 Å².